The molecule has 1 heterocycles. The molecule has 0 bridgehead atoms. The minimum atomic E-state index is -1.11. The highest BCUT2D eigenvalue weighted by molar-refractivity contribution is 6.06. The molecular weight excluding hydrogens is 172 g/mol. The number of hydrogen-bond acceptors (Lipinski definition) is 3. The molecule has 1 rings (SSSR count). The van der Waals surface area contributed by atoms with Crippen LogP contribution in [0.15, 0.2) is 34.5 Å². The average molecular weight is 180 g/mol. The lowest BCUT2D eigenvalue weighted by Crippen LogP contribution is -2.00. The van der Waals surface area contributed by atoms with Gasteiger partial charge in [-0.15, -0.1) is 0 Å². The highest BCUT2D eigenvalue weighted by Crippen LogP contribution is 2.04. The third-order valence-corrected chi connectivity index (χ3v) is 1.45. The number of allylic oxidation sites excluding steroid dienone is 1. The molecular formula is C9H8O4. The van der Waals surface area contributed by atoms with Crippen molar-refractivity contribution in [2.45, 2.75) is 6.92 Å². The number of carboxylic acid groups (broad SMARTS) is 1. The summed E-state index contributed by atoms with van der Waals surface area (Å²) in [4.78, 5) is 21.5. The van der Waals surface area contributed by atoms with Crippen molar-refractivity contribution in [3.63, 3.8) is 0 Å². The molecule has 4 nitrogen and oxygen atoms in total. The Hall–Kier alpha value is -1.84. The van der Waals surface area contributed by atoms with Gasteiger partial charge < -0.3 is 9.52 Å². The molecule has 0 aliphatic heterocycles. The molecule has 0 aliphatic carbocycles. The number of ketones is 1. The van der Waals surface area contributed by atoms with Gasteiger partial charge in [0.25, 0.3) is 0 Å². The van der Waals surface area contributed by atoms with Gasteiger partial charge in [0, 0.05) is 5.57 Å². The van der Waals surface area contributed by atoms with Crippen molar-refractivity contribution in [3.8, 4) is 0 Å². The number of carbonyl (C=O) groups is 2. The third kappa shape index (κ3) is 2.30. The van der Waals surface area contributed by atoms with Gasteiger partial charge in [-0.05, 0) is 25.1 Å². The zero-order valence-electron chi connectivity index (χ0n) is 6.98. The quantitative estimate of drug-likeness (QED) is 0.565. The van der Waals surface area contributed by atoms with Gasteiger partial charge in [-0.1, -0.05) is 0 Å². The van der Waals surface area contributed by atoms with Crippen LogP contribution in [0.2, 0.25) is 0 Å². The summed E-state index contributed by atoms with van der Waals surface area (Å²) >= 11 is 0. The van der Waals surface area contributed by atoms with E-state index >= 15 is 0 Å². The van der Waals surface area contributed by atoms with Crippen molar-refractivity contribution < 1.29 is 19.1 Å². The van der Waals surface area contributed by atoms with E-state index in [2.05, 4.69) is 0 Å². The predicted molar refractivity (Wildman–Crippen MR) is 44.4 cm³/mol. The minimum absolute atomic E-state index is 0.0126. The topological polar surface area (TPSA) is 67.5 Å². The van der Waals surface area contributed by atoms with Gasteiger partial charge in [0.15, 0.2) is 5.76 Å². The van der Waals surface area contributed by atoms with Crippen LogP contribution in [-0.2, 0) is 4.79 Å². The summed E-state index contributed by atoms with van der Waals surface area (Å²) in [6.45, 7) is 1.35. The second-order valence-electron chi connectivity index (χ2n) is 2.47. The molecule has 68 valence electrons. The smallest absolute Gasteiger partial charge is 0.331 e. The predicted octanol–water partition coefficient (Wildman–Crippen LogP) is 1.49. The Morgan fingerprint density at radius 3 is 2.69 bits per heavy atom. The van der Waals surface area contributed by atoms with Gasteiger partial charge in [0.05, 0.1) is 6.26 Å². The fourth-order valence-electron chi connectivity index (χ4n) is 0.748. The average Bonchev–Trinajstić information content (AvgIpc) is 2.55. The van der Waals surface area contributed by atoms with Crippen LogP contribution in [0.1, 0.15) is 17.5 Å². The molecule has 0 saturated heterocycles. The highest BCUT2D eigenvalue weighted by Gasteiger charge is 2.08. The summed E-state index contributed by atoms with van der Waals surface area (Å²) in [6, 6.07) is 3.05. The molecule has 1 N–H and O–H groups in total. The fourth-order valence-corrected chi connectivity index (χ4v) is 0.748. The van der Waals surface area contributed by atoms with Crippen molar-refractivity contribution in [1.29, 1.82) is 0 Å². The molecule has 0 fully saturated rings. The molecule has 4 heteroatoms. The molecule has 0 atom stereocenters. The van der Waals surface area contributed by atoms with Gasteiger partial charge in [0.1, 0.15) is 0 Å². The van der Waals surface area contributed by atoms with Crippen LogP contribution >= 0.6 is 0 Å². The van der Waals surface area contributed by atoms with Crippen LogP contribution in [0.5, 0.6) is 0 Å². The number of carbonyl (C=O) groups excluding carboxylic acids is 1. The molecule has 1 aromatic heterocycles. The van der Waals surface area contributed by atoms with E-state index in [1.54, 1.807) is 6.07 Å². The number of rotatable bonds is 3. The van der Waals surface area contributed by atoms with E-state index in [-0.39, 0.29) is 11.3 Å². The van der Waals surface area contributed by atoms with Crippen LogP contribution < -0.4 is 0 Å². The Kier molecular flexibility index (Phi) is 2.64. The molecule has 0 saturated carbocycles. The normalized spacial score (nSPS) is 11.3. The summed E-state index contributed by atoms with van der Waals surface area (Å²) in [6.07, 6.45) is 2.39. The van der Waals surface area contributed by atoms with Crippen LogP contribution in [-0.4, -0.2) is 16.9 Å². The van der Waals surface area contributed by atoms with Crippen LogP contribution in [0.25, 0.3) is 0 Å². The van der Waals surface area contributed by atoms with Gasteiger partial charge >= 0.3 is 5.97 Å². The van der Waals surface area contributed by atoms with E-state index in [0.29, 0.717) is 0 Å². The maximum Gasteiger partial charge on any atom is 0.331 e. The van der Waals surface area contributed by atoms with Gasteiger partial charge in [-0.3, -0.25) is 4.79 Å². The summed E-state index contributed by atoms with van der Waals surface area (Å²) in [7, 11) is 0. The van der Waals surface area contributed by atoms with E-state index in [4.69, 9.17) is 9.52 Å². The standard InChI is InChI=1S/C9H8O4/c1-6(9(11)12)5-7(10)8-3-2-4-13-8/h2-5H,1H3,(H,11,12). The van der Waals surface area contributed by atoms with E-state index in [0.717, 1.165) is 6.08 Å². The lowest BCUT2D eigenvalue weighted by atomic mass is 10.2. The van der Waals surface area contributed by atoms with E-state index in [1.165, 1.54) is 19.3 Å². The Morgan fingerprint density at radius 1 is 1.54 bits per heavy atom. The highest BCUT2D eigenvalue weighted by atomic mass is 16.4. The van der Waals surface area contributed by atoms with Crippen molar-refractivity contribution in [2.75, 3.05) is 0 Å². The molecule has 0 unspecified atom stereocenters. The maximum atomic E-state index is 11.2. The molecule has 0 amide bonds. The zero-order valence-corrected chi connectivity index (χ0v) is 6.98. The molecule has 0 spiro atoms. The number of furan rings is 1. The Bertz CT molecular complexity index is 346. The monoisotopic (exact) mass is 180 g/mol. The first-order valence-electron chi connectivity index (χ1n) is 3.60. The summed E-state index contributed by atoms with van der Waals surface area (Å²) in [5.74, 6) is -1.41. The Balaban J connectivity index is 2.82. The Morgan fingerprint density at radius 2 is 2.23 bits per heavy atom. The molecule has 0 radical (unpaired) electrons. The number of carboxylic acids is 1. The molecule has 1 aromatic rings. The first-order chi connectivity index (χ1) is 6.11. The summed E-state index contributed by atoms with van der Waals surface area (Å²) < 4.78 is 4.79. The van der Waals surface area contributed by atoms with Crippen LogP contribution in [0.4, 0.5) is 0 Å². The second-order valence-corrected chi connectivity index (χ2v) is 2.47. The third-order valence-electron chi connectivity index (χ3n) is 1.45. The minimum Gasteiger partial charge on any atom is -0.478 e. The fraction of sp³-hybridized carbons (Fsp3) is 0.111. The first-order valence-corrected chi connectivity index (χ1v) is 3.60. The van der Waals surface area contributed by atoms with Gasteiger partial charge in [-0.2, -0.15) is 0 Å². The summed E-state index contributed by atoms with van der Waals surface area (Å²) in [5, 5.41) is 8.48. The van der Waals surface area contributed by atoms with Crippen molar-refractivity contribution in [2.24, 2.45) is 0 Å². The maximum absolute atomic E-state index is 11.2. The SMILES string of the molecule is CC(=CC(=O)c1ccco1)C(=O)O. The first kappa shape index (κ1) is 9.25. The summed E-state index contributed by atoms with van der Waals surface area (Å²) in [5.41, 5.74) is -0.0126. The van der Waals surface area contributed by atoms with Crippen LogP contribution in [0.3, 0.4) is 0 Å². The van der Waals surface area contributed by atoms with E-state index < -0.39 is 11.8 Å². The van der Waals surface area contributed by atoms with Crippen molar-refractivity contribution >= 4 is 11.8 Å². The molecule has 0 aliphatic rings. The van der Waals surface area contributed by atoms with Crippen LogP contribution in [0, 0.1) is 0 Å². The van der Waals surface area contributed by atoms with Gasteiger partial charge in [-0.25, -0.2) is 4.79 Å². The molecule has 13 heavy (non-hydrogen) atoms. The van der Waals surface area contributed by atoms with Gasteiger partial charge in [0.2, 0.25) is 5.78 Å². The lowest BCUT2D eigenvalue weighted by Gasteiger charge is -1.91. The largest absolute Gasteiger partial charge is 0.478 e. The van der Waals surface area contributed by atoms with E-state index in [1.807, 2.05) is 0 Å². The van der Waals surface area contributed by atoms with Crippen molar-refractivity contribution in [1.82, 2.24) is 0 Å². The zero-order chi connectivity index (χ0) is 9.84. The van der Waals surface area contributed by atoms with Crippen molar-refractivity contribution in [3.05, 3.63) is 35.8 Å². The Labute approximate surface area is 74.5 Å². The second kappa shape index (κ2) is 3.71. The molecule has 0 aromatic carbocycles. The lowest BCUT2D eigenvalue weighted by molar-refractivity contribution is -0.132. The number of hydrogen-bond donors (Lipinski definition) is 1. The van der Waals surface area contributed by atoms with E-state index in [9.17, 15) is 9.59 Å². The number of aliphatic carboxylic acids is 1.